The molecule has 0 saturated carbocycles. The maximum absolute atomic E-state index is 11.0. The average Bonchev–Trinajstić information content (AvgIpc) is 2.17. The Hall–Kier alpha value is -1.00. The molecule has 0 aromatic rings. The van der Waals surface area contributed by atoms with Crippen LogP contribution in [0.25, 0.3) is 0 Å². The van der Waals surface area contributed by atoms with Crippen molar-refractivity contribution >= 4 is 17.5 Å². The van der Waals surface area contributed by atoms with Crippen molar-refractivity contribution in [2.45, 2.75) is 0 Å². The van der Waals surface area contributed by atoms with Crippen molar-refractivity contribution in [2.75, 3.05) is 12.4 Å². The van der Waals surface area contributed by atoms with Gasteiger partial charge in [-0.2, -0.15) is 5.12 Å². The number of allylic oxidation sites excluding steroid dienone is 2. The van der Waals surface area contributed by atoms with E-state index in [1.54, 1.807) is 17.3 Å². The summed E-state index contributed by atoms with van der Waals surface area (Å²) in [6, 6.07) is 0. The van der Waals surface area contributed by atoms with E-state index in [1.165, 1.54) is 0 Å². The summed E-state index contributed by atoms with van der Waals surface area (Å²) in [6.07, 6.45) is 7.28. The van der Waals surface area contributed by atoms with Gasteiger partial charge in [0.15, 0.2) is 0 Å². The molecule has 0 bridgehead atoms. The number of alkyl halides is 1. The highest BCUT2D eigenvalue weighted by Crippen LogP contribution is 2.00. The Morgan fingerprint density at radius 3 is 2.92 bits per heavy atom. The van der Waals surface area contributed by atoms with Gasteiger partial charge in [-0.05, 0) is 6.08 Å². The Morgan fingerprint density at radius 2 is 2.42 bits per heavy atom. The number of carbonyl (C=O) groups excluding carboxylic acids is 1. The van der Waals surface area contributed by atoms with E-state index >= 15 is 0 Å². The number of carbonyl (C=O) groups is 1. The van der Waals surface area contributed by atoms with Crippen molar-refractivity contribution in [2.24, 2.45) is 5.84 Å². The molecule has 1 amide bonds. The molecule has 0 saturated heterocycles. The Morgan fingerprint density at radius 1 is 1.67 bits per heavy atom. The first kappa shape index (κ1) is 9.09. The van der Waals surface area contributed by atoms with Crippen molar-refractivity contribution in [1.29, 1.82) is 0 Å². The topological polar surface area (TPSA) is 49.6 Å². The molecule has 0 atom stereocenters. The minimum absolute atomic E-state index is 0.107. The van der Waals surface area contributed by atoms with E-state index < -0.39 is 0 Å². The molecular weight excluding hydrogens is 178 g/mol. The van der Waals surface area contributed by atoms with E-state index in [-0.39, 0.29) is 11.8 Å². The molecule has 0 spiro atoms. The third kappa shape index (κ3) is 1.99. The smallest absolute Gasteiger partial charge is 0.270 e. The molecular formula is C7H10ClN3O. The van der Waals surface area contributed by atoms with Gasteiger partial charge in [0.25, 0.3) is 5.91 Å². The predicted molar refractivity (Wildman–Crippen MR) is 46.7 cm³/mol. The molecule has 1 aliphatic rings. The number of rotatable bonds is 2. The number of nitrogens with zero attached hydrogens (tertiary/aromatic N) is 2. The van der Waals surface area contributed by atoms with Crippen molar-refractivity contribution < 1.29 is 4.79 Å². The highest BCUT2D eigenvalue weighted by Gasteiger charge is 2.13. The first-order valence-corrected chi connectivity index (χ1v) is 4.02. The minimum Gasteiger partial charge on any atom is -0.272 e. The Labute approximate surface area is 75.8 Å². The van der Waals surface area contributed by atoms with Crippen LogP contribution in [0.5, 0.6) is 0 Å². The van der Waals surface area contributed by atoms with Gasteiger partial charge in [0, 0.05) is 6.20 Å². The number of nitrogens with two attached hydrogens (primary N) is 1. The van der Waals surface area contributed by atoms with E-state index in [9.17, 15) is 4.79 Å². The standard InChI is InChI=1S/C7H10ClN3O/c8-6-7(12)11(9)10-4-2-1-3-5-10/h1-4H,5-6,9H2. The Bertz CT molecular complexity index is 227. The van der Waals surface area contributed by atoms with E-state index in [0.29, 0.717) is 6.54 Å². The van der Waals surface area contributed by atoms with Crippen LogP contribution >= 0.6 is 11.6 Å². The van der Waals surface area contributed by atoms with Gasteiger partial charge in [-0.3, -0.25) is 9.80 Å². The average molecular weight is 188 g/mol. The maximum atomic E-state index is 11.0. The SMILES string of the molecule is NN(C(=O)CCl)N1C=CC=CC1. The quantitative estimate of drug-likeness (QED) is 0.291. The molecule has 0 aromatic carbocycles. The summed E-state index contributed by atoms with van der Waals surface area (Å²) >= 11 is 5.33. The van der Waals surface area contributed by atoms with Gasteiger partial charge in [-0.15, -0.1) is 11.6 Å². The largest absolute Gasteiger partial charge is 0.272 e. The van der Waals surface area contributed by atoms with Crippen LogP contribution in [0.15, 0.2) is 24.4 Å². The molecule has 0 unspecified atom stereocenters. The molecule has 0 radical (unpaired) electrons. The van der Waals surface area contributed by atoms with Crippen LogP contribution in [0.4, 0.5) is 0 Å². The normalized spacial score (nSPS) is 15.0. The van der Waals surface area contributed by atoms with Crippen molar-refractivity contribution in [3.8, 4) is 0 Å². The summed E-state index contributed by atoms with van der Waals surface area (Å²) in [6.45, 7) is 0.593. The van der Waals surface area contributed by atoms with Gasteiger partial charge in [0.05, 0.1) is 6.54 Å². The minimum atomic E-state index is -0.323. The van der Waals surface area contributed by atoms with Gasteiger partial charge in [-0.25, -0.2) is 5.84 Å². The van der Waals surface area contributed by atoms with Gasteiger partial charge in [0.2, 0.25) is 0 Å². The lowest BCUT2D eigenvalue weighted by Gasteiger charge is -2.29. The van der Waals surface area contributed by atoms with Crippen LogP contribution in [0, 0.1) is 0 Å². The van der Waals surface area contributed by atoms with Crippen molar-refractivity contribution in [3.63, 3.8) is 0 Å². The predicted octanol–water partition coefficient (Wildman–Crippen LogP) is 0.228. The van der Waals surface area contributed by atoms with E-state index in [4.69, 9.17) is 17.4 Å². The fraction of sp³-hybridized carbons (Fsp3) is 0.286. The summed E-state index contributed by atoms with van der Waals surface area (Å²) in [7, 11) is 0. The van der Waals surface area contributed by atoms with Gasteiger partial charge in [-0.1, -0.05) is 12.2 Å². The van der Waals surface area contributed by atoms with E-state index in [0.717, 1.165) is 5.12 Å². The molecule has 0 aromatic heterocycles. The van der Waals surface area contributed by atoms with Crippen LogP contribution in [0.2, 0.25) is 0 Å². The van der Waals surface area contributed by atoms with Crippen LogP contribution in [-0.2, 0) is 4.79 Å². The second-order valence-corrected chi connectivity index (χ2v) is 2.53. The monoisotopic (exact) mass is 187 g/mol. The first-order valence-electron chi connectivity index (χ1n) is 3.49. The second-order valence-electron chi connectivity index (χ2n) is 2.26. The summed E-state index contributed by atoms with van der Waals surface area (Å²) in [5, 5.41) is 2.58. The number of hydrazine groups is 2. The van der Waals surface area contributed by atoms with Crippen LogP contribution in [0.3, 0.4) is 0 Å². The van der Waals surface area contributed by atoms with Gasteiger partial charge >= 0.3 is 0 Å². The summed E-state index contributed by atoms with van der Waals surface area (Å²) in [4.78, 5) is 11.0. The lowest BCUT2D eigenvalue weighted by molar-refractivity contribution is -0.141. The molecule has 66 valence electrons. The highest BCUT2D eigenvalue weighted by atomic mass is 35.5. The van der Waals surface area contributed by atoms with Crippen molar-refractivity contribution in [3.05, 3.63) is 24.4 Å². The molecule has 1 rings (SSSR count). The summed E-state index contributed by atoms with van der Waals surface area (Å²) in [5.74, 6) is 5.01. The molecule has 0 aliphatic carbocycles. The zero-order valence-electron chi connectivity index (χ0n) is 6.48. The zero-order valence-corrected chi connectivity index (χ0v) is 7.24. The third-order valence-corrected chi connectivity index (χ3v) is 1.67. The fourth-order valence-corrected chi connectivity index (χ4v) is 0.944. The van der Waals surface area contributed by atoms with Crippen LogP contribution in [-0.4, -0.2) is 28.5 Å². The zero-order chi connectivity index (χ0) is 8.97. The molecule has 4 nitrogen and oxygen atoms in total. The maximum Gasteiger partial charge on any atom is 0.270 e. The fourth-order valence-electron chi connectivity index (χ4n) is 0.822. The lowest BCUT2D eigenvalue weighted by atomic mass is 10.4. The Balaban J connectivity index is 2.52. The number of amides is 1. The van der Waals surface area contributed by atoms with E-state index in [2.05, 4.69) is 0 Å². The molecule has 12 heavy (non-hydrogen) atoms. The first-order chi connectivity index (χ1) is 5.75. The number of hydrogen-bond acceptors (Lipinski definition) is 3. The second kappa shape index (κ2) is 4.13. The van der Waals surface area contributed by atoms with E-state index in [1.807, 2.05) is 12.2 Å². The van der Waals surface area contributed by atoms with Gasteiger partial charge < -0.3 is 0 Å². The van der Waals surface area contributed by atoms with Crippen molar-refractivity contribution in [1.82, 2.24) is 10.1 Å². The third-order valence-electron chi connectivity index (χ3n) is 1.44. The molecule has 1 aliphatic heterocycles. The highest BCUT2D eigenvalue weighted by molar-refractivity contribution is 6.27. The van der Waals surface area contributed by atoms with Crippen LogP contribution < -0.4 is 5.84 Å². The molecule has 5 heteroatoms. The molecule has 0 fully saturated rings. The number of hydrogen-bond donors (Lipinski definition) is 1. The van der Waals surface area contributed by atoms with Gasteiger partial charge in [0.1, 0.15) is 5.88 Å². The van der Waals surface area contributed by atoms with Crippen LogP contribution in [0.1, 0.15) is 0 Å². The molecule has 1 heterocycles. The lowest BCUT2D eigenvalue weighted by Crippen LogP contribution is -2.49. The summed E-state index contributed by atoms with van der Waals surface area (Å²) in [5.41, 5.74) is 0. The number of halogens is 1. The molecule has 2 N–H and O–H groups in total. The summed E-state index contributed by atoms with van der Waals surface area (Å²) < 4.78 is 0. The Kier molecular flexibility index (Phi) is 3.13.